The highest BCUT2D eigenvalue weighted by atomic mass is 32.1. The van der Waals surface area contributed by atoms with Gasteiger partial charge in [0.2, 0.25) is 0 Å². The summed E-state index contributed by atoms with van der Waals surface area (Å²) in [5.41, 5.74) is 9.00. The van der Waals surface area contributed by atoms with E-state index in [-0.39, 0.29) is 6.03 Å². The van der Waals surface area contributed by atoms with Gasteiger partial charge in [-0.05, 0) is 23.6 Å². The SMILES string of the molecule is Nc1ccc(-c2cccs2)nc1NC(=O)N1Cc2cncnc2C1. The summed E-state index contributed by atoms with van der Waals surface area (Å²) >= 11 is 1.58. The lowest BCUT2D eigenvalue weighted by Crippen LogP contribution is -2.31. The molecule has 1 aliphatic heterocycles. The van der Waals surface area contributed by atoms with Crippen LogP contribution < -0.4 is 11.1 Å². The van der Waals surface area contributed by atoms with Gasteiger partial charge in [-0.15, -0.1) is 11.3 Å². The van der Waals surface area contributed by atoms with Crippen LogP contribution in [-0.4, -0.2) is 25.9 Å². The molecule has 7 nitrogen and oxygen atoms in total. The molecule has 0 unspecified atom stereocenters. The van der Waals surface area contributed by atoms with Crippen molar-refractivity contribution in [3.8, 4) is 10.6 Å². The van der Waals surface area contributed by atoms with E-state index < -0.39 is 0 Å². The normalized spacial score (nSPS) is 12.9. The third-order valence-electron chi connectivity index (χ3n) is 3.80. The van der Waals surface area contributed by atoms with Crippen molar-refractivity contribution in [3.63, 3.8) is 0 Å². The van der Waals surface area contributed by atoms with Crippen LogP contribution in [0.5, 0.6) is 0 Å². The number of nitrogens with two attached hydrogens (primary N) is 1. The van der Waals surface area contributed by atoms with Gasteiger partial charge in [-0.2, -0.15) is 0 Å². The molecule has 8 heteroatoms. The monoisotopic (exact) mass is 338 g/mol. The maximum absolute atomic E-state index is 12.5. The molecule has 0 saturated carbocycles. The summed E-state index contributed by atoms with van der Waals surface area (Å²) in [5, 5.41) is 4.78. The molecule has 120 valence electrons. The van der Waals surface area contributed by atoms with E-state index in [4.69, 9.17) is 5.73 Å². The van der Waals surface area contributed by atoms with Gasteiger partial charge in [0.15, 0.2) is 5.82 Å². The zero-order valence-corrected chi connectivity index (χ0v) is 13.5. The first kappa shape index (κ1) is 14.6. The van der Waals surface area contributed by atoms with Crippen LogP contribution >= 0.6 is 11.3 Å². The second-order valence-corrected chi connectivity index (χ2v) is 6.34. The summed E-state index contributed by atoms with van der Waals surface area (Å²) in [4.78, 5) is 27.8. The van der Waals surface area contributed by atoms with Crippen LogP contribution in [0, 0.1) is 0 Å². The van der Waals surface area contributed by atoms with Crippen molar-refractivity contribution < 1.29 is 4.79 Å². The van der Waals surface area contributed by atoms with Gasteiger partial charge in [-0.3, -0.25) is 5.32 Å². The zero-order chi connectivity index (χ0) is 16.5. The van der Waals surface area contributed by atoms with Crippen molar-refractivity contribution in [3.05, 3.63) is 53.4 Å². The fourth-order valence-electron chi connectivity index (χ4n) is 2.56. The van der Waals surface area contributed by atoms with E-state index in [0.717, 1.165) is 21.8 Å². The molecule has 3 N–H and O–H groups in total. The van der Waals surface area contributed by atoms with Gasteiger partial charge in [-0.25, -0.2) is 19.7 Å². The molecule has 0 spiro atoms. The number of nitrogen functional groups attached to an aromatic ring is 1. The minimum atomic E-state index is -0.254. The van der Waals surface area contributed by atoms with Crippen molar-refractivity contribution in [2.75, 3.05) is 11.1 Å². The summed E-state index contributed by atoms with van der Waals surface area (Å²) in [5.74, 6) is 0.368. The van der Waals surface area contributed by atoms with E-state index in [2.05, 4.69) is 20.3 Å². The number of hydrogen-bond donors (Lipinski definition) is 2. The molecule has 3 aromatic heterocycles. The van der Waals surface area contributed by atoms with Crippen LogP contribution in [0.3, 0.4) is 0 Å². The second kappa shape index (κ2) is 5.89. The highest BCUT2D eigenvalue weighted by molar-refractivity contribution is 7.13. The Balaban J connectivity index is 1.53. The van der Waals surface area contributed by atoms with E-state index in [1.807, 2.05) is 23.6 Å². The van der Waals surface area contributed by atoms with Crippen molar-refractivity contribution in [1.29, 1.82) is 0 Å². The van der Waals surface area contributed by atoms with E-state index >= 15 is 0 Å². The number of thiophene rings is 1. The number of amides is 2. The first-order valence-electron chi connectivity index (χ1n) is 7.35. The Morgan fingerprint density at radius 3 is 3.00 bits per heavy atom. The van der Waals surface area contributed by atoms with E-state index in [1.165, 1.54) is 6.33 Å². The third kappa shape index (κ3) is 2.67. The fraction of sp³-hybridized carbons (Fsp3) is 0.125. The van der Waals surface area contributed by atoms with Crippen LogP contribution in [0.2, 0.25) is 0 Å². The predicted molar refractivity (Wildman–Crippen MR) is 92.3 cm³/mol. The molecule has 24 heavy (non-hydrogen) atoms. The Labute approximate surface area is 142 Å². The minimum Gasteiger partial charge on any atom is -0.396 e. The minimum absolute atomic E-state index is 0.254. The second-order valence-electron chi connectivity index (χ2n) is 5.39. The average Bonchev–Trinajstić information content (AvgIpc) is 3.26. The number of urea groups is 1. The number of aromatic nitrogens is 3. The maximum Gasteiger partial charge on any atom is 0.323 e. The summed E-state index contributed by atoms with van der Waals surface area (Å²) in [6, 6.07) is 7.28. The lowest BCUT2D eigenvalue weighted by atomic mass is 10.3. The van der Waals surface area contributed by atoms with E-state index in [0.29, 0.717) is 24.6 Å². The summed E-state index contributed by atoms with van der Waals surface area (Å²) in [7, 11) is 0. The first-order valence-corrected chi connectivity index (χ1v) is 8.23. The van der Waals surface area contributed by atoms with E-state index in [9.17, 15) is 4.79 Å². The van der Waals surface area contributed by atoms with Gasteiger partial charge in [0.05, 0.1) is 35.0 Å². The van der Waals surface area contributed by atoms with Gasteiger partial charge in [0.25, 0.3) is 0 Å². The van der Waals surface area contributed by atoms with Crippen LogP contribution in [0.1, 0.15) is 11.3 Å². The number of carbonyl (C=O) groups excluding carboxylic acids is 1. The quantitative estimate of drug-likeness (QED) is 0.749. The number of rotatable bonds is 2. The molecule has 1 aliphatic rings. The molecule has 0 atom stereocenters. The Hall–Kier alpha value is -3.00. The first-order chi connectivity index (χ1) is 11.7. The lowest BCUT2D eigenvalue weighted by molar-refractivity contribution is 0.212. The highest BCUT2D eigenvalue weighted by Gasteiger charge is 2.25. The fourth-order valence-corrected chi connectivity index (χ4v) is 3.25. The van der Waals surface area contributed by atoms with Crippen LogP contribution in [-0.2, 0) is 13.1 Å². The third-order valence-corrected chi connectivity index (χ3v) is 4.69. The molecule has 4 heterocycles. The number of fused-ring (bicyclic) bond motifs is 1. The molecule has 2 amide bonds. The van der Waals surface area contributed by atoms with Gasteiger partial charge in [0, 0.05) is 11.8 Å². The molecule has 0 radical (unpaired) electrons. The molecule has 0 aromatic carbocycles. The smallest absolute Gasteiger partial charge is 0.323 e. The van der Waals surface area contributed by atoms with Crippen molar-refractivity contribution in [2.45, 2.75) is 13.1 Å². The maximum atomic E-state index is 12.5. The molecule has 0 bridgehead atoms. The number of nitrogens with one attached hydrogen (secondary N) is 1. The Kier molecular flexibility index (Phi) is 3.58. The molecular formula is C16H14N6OS. The molecular weight excluding hydrogens is 324 g/mol. The number of hydrogen-bond acceptors (Lipinski definition) is 6. The largest absolute Gasteiger partial charge is 0.396 e. The summed E-state index contributed by atoms with van der Waals surface area (Å²) < 4.78 is 0. The number of nitrogens with zero attached hydrogens (tertiary/aromatic N) is 4. The topological polar surface area (TPSA) is 97.0 Å². The Bertz CT molecular complexity index is 870. The molecule has 0 aliphatic carbocycles. The summed E-state index contributed by atoms with van der Waals surface area (Å²) in [6.07, 6.45) is 3.23. The van der Waals surface area contributed by atoms with Crippen LogP contribution in [0.25, 0.3) is 10.6 Å². The van der Waals surface area contributed by atoms with Crippen LogP contribution in [0.15, 0.2) is 42.2 Å². The van der Waals surface area contributed by atoms with Crippen molar-refractivity contribution in [2.24, 2.45) is 0 Å². The Morgan fingerprint density at radius 1 is 1.29 bits per heavy atom. The number of carbonyl (C=O) groups is 1. The van der Waals surface area contributed by atoms with Gasteiger partial charge < -0.3 is 10.6 Å². The van der Waals surface area contributed by atoms with Gasteiger partial charge in [-0.1, -0.05) is 6.07 Å². The van der Waals surface area contributed by atoms with Crippen molar-refractivity contribution in [1.82, 2.24) is 19.9 Å². The molecule has 0 saturated heterocycles. The number of pyridine rings is 1. The predicted octanol–water partition coefficient (Wildman–Crippen LogP) is 2.73. The zero-order valence-electron chi connectivity index (χ0n) is 12.6. The molecule has 0 fully saturated rings. The average molecular weight is 338 g/mol. The lowest BCUT2D eigenvalue weighted by Gasteiger charge is -2.16. The van der Waals surface area contributed by atoms with Crippen molar-refractivity contribution >= 4 is 28.9 Å². The highest BCUT2D eigenvalue weighted by Crippen LogP contribution is 2.27. The number of anilines is 2. The standard InChI is InChI=1S/C16H14N6OS/c17-11-3-4-12(14-2-1-5-24-14)20-15(11)21-16(23)22-7-10-6-18-9-19-13(10)8-22/h1-6,9H,7-8,17H2,(H,20,21,23). The van der Waals surface area contributed by atoms with Crippen LogP contribution in [0.4, 0.5) is 16.3 Å². The molecule has 3 aromatic rings. The van der Waals surface area contributed by atoms with E-state index in [1.54, 1.807) is 28.5 Å². The Morgan fingerprint density at radius 2 is 2.21 bits per heavy atom. The van der Waals surface area contributed by atoms with Gasteiger partial charge >= 0.3 is 6.03 Å². The molecule has 4 rings (SSSR count). The summed E-state index contributed by atoms with van der Waals surface area (Å²) in [6.45, 7) is 0.931. The van der Waals surface area contributed by atoms with Gasteiger partial charge in [0.1, 0.15) is 6.33 Å².